The largest absolute Gasteiger partial charge is 0.480 e. The Morgan fingerprint density at radius 2 is 1.48 bits per heavy atom. The van der Waals surface area contributed by atoms with Gasteiger partial charge in [0.05, 0.1) is 6.04 Å². The van der Waals surface area contributed by atoms with E-state index >= 15 is 0 Å². The van der Waals surface area contributed by atoms with Gasteiger partial charge in [-0.25, -0.2) is 4.79 Å². The first-order valence-corrected chi connectivity index (χ1v) is 10.7. The van der Waals surface area contributed by atoms with Crippen LogP contribution in [-0.4, -0.2) is 60.0 Å². The Balaban J connectivity index is 3.23. The third-order valence-corrected chi connectivity index (χ3v) is 5.84. The van der Waals surface area contributed by atoms with Crippen LogP contribution in [0.4, 0.5) is 0 Å². The van der Waals surface area contributed by atoms with Crippen LogP contribution >= 0.6 is 0 Å². The molecule has 0 radical (unpaired) electrons. The lowest BCUT2D eigenvalue weighted by atomic mass is 9.76. The quantitative estimate of drug-likeness (QED) is 0.556. The lowest BCUT2D eigenvalue weighted by Gasteiger charge is -2.39. The zero-order valence-electron chi connectivity index (χ0n) is 20.3. The zero-order valence-corrected chi connectivity index (χ0v) is 20.3. The van der Waals surface area contributed by atoms with Crippen LogP contribution < -0.4 is 10.6 Å². The Hall–Kier alpha value is -2.41. The van der Waals surface area contributed by atoms with Crippen molar-refractivity contribution in [3.8, 4) is 0 Å². The maximum atomic E-state index is 13.4. The number of nitrogens with one attached hydrogen (secondary N) is 2. The highest BCUT2D eigenvalue weighted by molar-refractivity contribution is 5.93. The van der Waals surface area contributed by atoms with E-state index in [1.807, 2.05) is 65.0 Å². The van der Waals surface area contributed by atoms with Gasteiger partial charge in [-0.2, -0.15) is 0 Å². The summed E-state index contributed by atoms with van der Waals surface area (Å²) in [4.78, 5) is 39.7. The first kappa shape index (κ1) is 26.6. The van der Waals surface area contributed by atoms with Crippen LogP contribution in [0.25, 0.3) is 0 Å². The van der Waals surface area contributed by atoms with E-state index < -0.39 is 40.8 Å². The van der Waals surface area contributed by atoms with Gasteiger partial charge in [-0.1, -0.05) is 78.8 Å². The summed E-state index contributed by atoms with van der Waals surface area (Å²) in [6.45, 7) is 13.0. The first-order chi connectivity index (χ1) is 14.2. The van der Waals surface area contributed by atoms with Gasteiger partial charge >= 0.3 is 5.97 Å². The molecule has 7 nitrogen and oxygen atoms in total. The van der Waals surface area contributed by atoms with E-state index in [1.54, 1.807) is 20.9 Å². The Morgan fingerprint density at radius 3 is 1.87 bits per heavy atom. The Kier molecular flexibility index (Phi) is 8.82. The van der Waals surface area contributed by atoms with Crippen molar-refractivity contribution in [1.29, 1.82) is 0 Å². The van der Waals surface area contributed by atoms with Crippen molar-refractivity contribution < 1.29 is 19.5 Å². The molecule has 3 atom stereocenters. The molecule has 3 N–H and O–H groups in total. The average Bonchev–Trinajstić information content (AvgIpc) is 2.65. The molecule has 0 bridgehead atoms. The molecule has 0 aliphatic rings. The predicted molar refractivity (Wildman–Crippen MR) is 123 cm³/mol. The number of rotatable bonds is 9. The Morgan fingerprint density at radius 1 is 0.968 bits per heavy atom. The van der Waals surface area contributed by atoms with Crippen LogP contribution in [0.5, 0.6) is 0 Å². The summed E-state index contributed by atoms with van der Waals surface area (Å²) < 4.78 is 0. The van der Waals surface area contributed by atoms with Crippen molar-refractivity contribution in [2.75, 3.05) is 14.1 Å². The molecule has 0 aliphatic heterocycles. The van der Waals surface area contributed by atoms with Crippen molar-refractivity contribution in [1.82, 2.24) is 15.5 Å². The molecule has 0 aliphatic carbocycles. The molecule has 2 amide bonds. The molecule has 1 aromatic rings. The first-order valence-electron chi connectivity index (χ1n) is 10.7. The molecule has 1 rings (SSSR count). The summed E-state index contributed by atoms with van der Waals surface area (Å²) in [5, 5.41) is 15.6. The van der Waals surface area contributed by atoms with E-state index in [2.05, 4.69) is 10.6 Å². The van der Waals surface area contributed by atoms with E-state index in [4.69, 9.17) is 0 Å². The van der Waals surface area contributed by atoms with E-state index in [9.17, 15) is 19.5 Å². The second kappa shape index (κ2) is 10.3. The number of benzene rings is 1. The van der Waals surface area contributed by atoms with Crippen molar-refractivity contribution >= 4 is 17.8 Å². The smallest absolute Gasteiger partial charge is 0.326 e. The Bertz CT molecular complexity index is 769. The second-order valence-corrected chi connectivity index (χ2v) is 10.1. The Labute approximate surface area is 186 Å². The molecule has 0 heterocycles. The normalized spacial score (nSPS) is 15.2. The minimum Gasteiger partial charge on any atom is -0.480 e. The summed E-state index contributed by atoms with van der Waals surface area (Å²) in [7, 11) is 3.20. The van der Waals surface area contributed by atoms with Gasteiger partial charge in [0.15, 0.2) is 0 Å². The fourth-order valence-corrected chi connectivity index (χ4v) is 3.97. The lowest BCUT2D eigenvalue weighted by Crippen LogP contribution is -2.62. The maximum absolute atomic E-state index is 13.4. The van der Waals surface area contributed by atoms with Crippen molar-refractivity contribution in [3.63, 3.8) is 0 Å². The molecule has 1 unspecified atom stereocenters. The zero-order chi connectivity index (χ0) is 24.1. The molecular formula is C24H39N3O4. The highest BCUT2D eigenvalue weighted by Crippen LogP contribution is 2.28. The number of aliphatic carboxylic acids is 1. The van der Waals surface area contributed by atoms with Gasteiger partial charge in [0.2, 0.25) is 11.8 Å². The van der Waals surface area contributed by atoms with Crippen LogP contribution in [0.3, 0.4) is 0 Å². The SMILES string of the molecule is CNC(C(=O)N[C@H](C(=O)N(C)[C@H](C(=O)O)C(C)C)C(C)(C)C)C(C)(C)c1ccccc1. The van der Waals surface area contributed by atoms with Crippen molar-refractivity contribution in [3.05, 3.63) is 35.9 Å². The molecule has 0 fully saturated rings. The van der Waals surface area contributed by atoms with E-state index in [0.29, 0.717) is 0 Å². The standard InChI is InChI=1S/C24H39N3O4/c1-15(2)17(22(30)31)27(9)21(29)19(23(3,4)5)26-20(28)18(25-8)24(6,7)16-13-11-10-12-14-16/h10-15,17-19,25H,1-9H3,(H,26,28)(H,30,31)/t17-,18?,19+/m0/s1. The van der Waals surface area contributed by atoms with Gasteiger partial charge in [-0.15, -0.1) is 0 Å². The van der Waals surface area contributed by atoms with Crippen molar-refractivity contribution in [2.24, 2.45) is 11.3 Å². The van der Waals surface area contributed by atoms with Crippen LogP contribution in [-0.2, 0) is 19.8 Å². The number of amides is 2. The van der Waals surface area contributed by atoms with Gasteiger partial charge < -0.3 is 20.6 Å². The fourth-order valence-electron chi connectivity index (χ4n) is 3.97. The fraction of sp³-hybridized carbons (Fsp3) is 0.625. The molecule has 0 aromatic heterocycles. The van der Waals surface area contributed by atoms with Gasteiger partial charge in [-0.3, -0.25) is 9.59 Å². The number of likely N-dealkylation sites (N-methyl/N-ethyl adjacent to an activating group) is 2. The molecular weight excluding hydrogens is 394 g/mol. The number of hydrogen-bond acceptors (Lipinski definition) is 4. The number of nitrogens with zero attached hydrogens (tertiary/aromatic N) is 1. The molecule has 31 heavy (non-hydrogen) atoms. The third kappa shape index (κ3) is 6.29. The van der Waals surface area contributed by atoms with Crippen LogP contribution in [0.1, 0.15) is 54.0 Å². The predicted octanol–water partition coefficient (Wildman–Crippen LogP) is 2.65. The number of carbonyl (C=O) groups is 3. The molecule has 174 valence electrons. The molecule has 7 heteroatoms. The molecule has 0 saturated heterocycles. The number of carbonyl (C=O) groups excluding carboxylic acids is 2. The van der Waals surface area contributed by atoms with Gasteiger partial charge in [0, 0.05) is 12.5 Å². The van der Waals surface area contributed by atoms with E-state index in [-0.39, 0.29) is 11.8 Å². The van der Waals surface area contributed by atoms with Gasteiger partial charge in [-0.05, 0) is 23.9 Å². The van der Waals surface area contributed by atoms with Crippen LogP contribution in [0.2, 0.25) is 0 Å². The minimum atomic E-state index is -1.07. The summed E-state index contributed by atoms with van der Waals surface area (Å²) >= 11 is 0. The molecule has 0 saturated carbocycles. The minimum absolute atomic E-state index is 0.273. The number of carboxylic acids is 1. The van der Waals surface area contributed by atoms with Gasteiger partial charge in [0.25, 0.3) is 0 Å². The topological polar surface area (TPSA) is 98.7 Å². The molecule has 1 aromatic carbocycles. The van der Waals surface area contributed by atoms with Crippen LogP contribution in [0.15, 0.2) is 30.3 Å². The number of hydrogen-bond donors (Lipinski definition) is 3. The average molecular weight is 434 g/mol. The van der Waals surface area contributed by atoms with Crippen LogP contribution in [0, 0.1) is 11.3 Å². The number of carboxylic acid groups (broad SMARTS) is 1. The third-order valence-electron chi connectivity index (χ3n) is 5.84. The lowest BCUT2D eigenvalue weighted by molar-refractivity contribution is -0.153. The molecule has 0 spiro atoms. The second-order valence-electron chi connectivity index (χ2n) is 10.1. The summed E-state index contributed by atoms with van der Waals surface area (Å²) in [5.74, 6) is -2.07. The monoisotopic (exact) mass is 433 g/mol. The van der Waals surface area contributed by atoms with Crippen molar-refractivity contribution in [2.45, 2.75) is 72.0 Å². The van der Waals surface area contributed by atoms with Gasteiger partial charge in [0.1, 0.15) is 12.1 Å². The van der Waals surface area contributed by atoms with E-state index in [0.717, 1.165) is 5.56 Å². The maximum Gasteiger partial charge on any atom is 0.326 e. The highest BCUT2D eigenvalue weighted by atomic mass is 16.4. The highest BCUT2D eigenvalue weighted by Gasteiger charge is 2.42. The summed E-state index contributed by atoms with van der Waals surface area (Å²) in [6, 6.07) is 7.26. The van der Waals surface area contributed by atoms with E-state index in [1.165, 1.54) is 11.9 Å². The summed E-state index contributed by atoms with van der Waals surface area (Å²) in [6.07, 6.45) is 0. The summed E-state index contributed by atoms with van der Waals surface area (Å²) in [5.41, 5.74) is -0.166.